The smallest absolute Gasteiger partial charge is 0.245 e. The Labute approximate surface area is 183 Å². The number of hydrogen-bond acceptors (Lipinski definition) is 2. The number of likely N-dealkylation sites (tertiary alicyclic amines) is 1. The molecule has 5 heteroatoms. The largest absolute Gasteiger partial charge is 0.361 e. The molecule has 2 aromatic carbocycles. The van der Waals surface area contributed by atoms with Gasteiger partial charge in [0, 0.05) is 42.5 Å². The minimum Gasteiger partial charge on any atom is -0.361 e. The van der Waals surface area contributed by atoms with Gasteiger partial charge in [-0.2, -0.15) is 0 Å². The number of benzene rings is 2. The van der Waals surface area contributed by atoms with Gasteiger partial charge in [0.25, 0.3) is 0 Å². The fourth-order valence-electron chi connectivity index (χ4n) is 4.44. The molecule has 31 heavy (non-hydrogen) atoms. The number of aromatic amines is 1. The molecule has 1 unspecified atom stereocenters. The lowest BCUT2D eigenvalue weighted by atomic mass is 9.89. The summed E-state index contributed by atoms with van der Waals surface area (Å²) >= 11 is 0. The second-order valence-electron chi connectivity index (χ2n) is 8.79. The molecule has 2 N–H and O–H groups in total. The molecule has 0 saturated carbocycles. The Morgan fingerprint density at radius 2 is 1.71 bits per heavy atom. The Morgan fingerprint density at radius 1 is 1.03 bits per heavy atom. The molecule has 0 spiro atoms. The van der Waals surface area contributed by atoms with Crippen LogP contribution < -0.4 is 5.32 Å². The summed E-state index contributed by atoms with van der Waals surface area (Å²) in [4.78, 5) is 31.1. The van der Waals surface area contributed by atoms with Gasteiger partial charge in [0.05, 0.1) is 0 Å². The molecular weight excluding hydrogens is 386 g/mol. The highest BCUT2D eigenvalue weighted by Gasteiger charge is 2.30. The van der Waals surface area contributed by atoms with Gasteiger partial charge in [0.2, 0.25) is 11.8 Å². The lowest BCUT2D eigenvalue weighted by Crippen LogP contribution is -2.52. The van der Waals surface area contributed by atoms with Crippen LogP contribution in [0, 0.1) is 5.92 Å². The van der Waals surface area contributed by atoms with Crippen LogP contribution in [0.2, 0.25) is 0 Å². The number of rotatable bonds is 6. The number of carbonyl (C=O) groups excluding carboxylic acids is 2. The Balaban J connectivity index is 1.48. The Kier molecular flexibility index (Phi) is 6.40. The summed E-state index contributed by atoms with van der Waals surface area (Å²) in [7, 11) is 0. The SMILES string of the molecule is CC(C)C(=O)NC(Cc1c[nH]c2ccccc12)C(=O)N1CCC(c2ccccc2)CC1. The molecule has 0 aliphatic carbocycles. The van der Waals surface area contributed by atoms with E-state index in [1.165, 1.54) is 5.56 Å². The predicted molar refractivity (Wildman–Crippen MR) is 124 cm³/mol. The zero-order valence-electron chi connectivity index (χ0n) is 18.3. The van der Waals surface area contributed by atoms with Gasteiger partial charge in [0.1, 0.15) is 6.04 Å². The number of carbonyl (C=O) groups is 2. The van der Waals surface area contributed by atoms with Gasteiger partial charge in [-0.3, -0.25) is 9.59 Å². The molecule has 0 radical (unpaired) electrons. The molecule has 1 saturated heterocycles. The standard InChI is InChI=1S/C26H31N3O2/c1-18(2)25(30)28-24(16-21-17-27-23-11-7-6-10-22(21)23)26(31)29-14-12-20(13-15-29)19-8-4-3-5-9-19/h3-11,17-18,20,24,27H,12-16H2,1-2H3,(H,28,30). The van der Waals surface area contributed by atoms with E-state index in [0.717, 1.165) is 42.4 Å². The van der Waals surface area contributed by atoms with Gasteiger partial charge < -0.3 is 15.2 Å². The number of fused-ring (bicyclic) bond motifs is 1. The summed E-state index contributed by atoms with van der Waals surface area (Å²) in [6.45, 7) is 5.16. The number of piperidine rings is 1. The van der Waals surface area contributed by atoms with E-state index in [-0.39, 0.29) is 17.7 Å². The van der Waals surface area contributed by atoms with Gasteiger partial charge in [0.15, 0.2) is 0 Å². The molecule has 1 fully saturated rings. The zero-order chi connectivity index (χ0) is 21.8. The average Bonchev–Trinajstić information content (AvgIpc) is 3.21. The summed E-state index contributed by atoms with van der Waals surface area (Å²) in [5.74, 6) is 0.257. The monoisotopic (exact) mass is 417 g/mol. The van der Waals surface area contributed by atoms with Crippen molar-refractivity contribution < 1.29 is 9.59 Å². The minimum absolute atomic E-state index is 0.0193. The van der Waals surface area contributed by atoms with Crippen molar-refractivity contribution in [3.63, 3.8) is 0 Å². The number of para-hydroxylation sites is 1. The molecule has 4 rings (SSSR count). The fourth-order valence-corrected chi connectivity index (χ4v) is 4.44. The van der Waals surface area contributed by atoms with Crippen molar-refractivity contribution in [3.05, 3.63) is 71.9 Å². The van der Waals surface area contributed by atoms with Crippen LogP contribution in [-0.2, 0) is 16.0 Å². The van der Waals surface area contributed by atoms with Gasteiger partial charge >= 0.3 is 0 Å². The number of aromatic nitrogens is 1. The second kappa shape index (κ2) is 9.38. The fraction of sp³-hybridized carbons (Fsp3) is 0.385. The number of nitrogens with zero attached hydrogens (tertiary/aromatic N) is 1. The highest BCUT2D eigenvalue weighted by Crippen LogP contribution is 2.28. The Morgan fingerprint density at radius 3 is 2.42 bits per heavy atom. The number of nitrogens with one attached hydrogen (secondary N) is 2. The van der Waals surface area contributed by atoms with E-state index in [0.29, 0.717) is 12.3 Å². The van der Waals surface area contributed by atoms with Crippen molar-refractivity contribution in [1.29, 1.82) is 0 Å². The maximum Gasteiger partial charge on any atom is 0.245 e. The second-order valence-corrected chi connectivity index (χ2v) is 8.79. The molecule has 1 atom stereocenters. The van der Waals surface area contributed by atoms with Crippen molar-refractivity contribution in [2.24, 2.45) is 5.92 Å². The lowest BCUT2D eigenvalue weighted by Gasteiger charge is -2.35. The maximum atomic E-state index is 13.5. The number of amides is 2. The lowest BCUT2D eigenvalue weighted by molar-refractivity contribution is -0.138. The molecule has 1 aromatic heterocycles. The number of H-pyrrole nitrogens is 1. The summed E-state index contributed by atoms with van der Waals surface area (Å²) in [6, 6.07) is 18.0. The molecule has 3 aromatic rings. The minimum atomic E-state index is -0.553. The third-order valence-electron chi connectivity index (χ3n) is 6.32. The summed E-state index contributed by atoms with van der Waals surface area (Å²) in [6.07, 6.45) is 4.34. The number of hydrogen-bond donors (Lipinski definition) is 2. The summed E-state index contributed by atoms with van der Waals surface area (Å²) < 4.78 is 0. The first kappa shape index (κ1) is 21.2. The van der Waals surface area contributed by atoms with Gasteiger partial charge in [-0.25, -0.2) is 0 Å². The zero-order valence-corrected chi connectivity index (χ0v) is 18.3. The molecule has 2 heterocycles. The quantitative estimate of drug-likeness (QED) is 0.629. The van der Waals surface area contributed by atoms with Crippen LogP contribution in [0.5, 0.6) is 0 Å². The molecule has 1 aliphatic rings. The summed E-state index contributed by atoms with van der Waals surface area (Å²) in [5, 5.41) is 4.11. The molecule has 0 bridgehead atoms. The van der Waals surface area contributed by atoms with E-state index >= 15 is 0 Å². The van der Waals surface area contributed by atoms with Crippen LogP contribution in [-0.4, -0.2) is 40.8 Å². The van der Waals surface area contributed by atoms with Gasteiger partial charge in [-0.1, -0.05) is 62.4 Å². The van der Waals surface area contributed by atoms with Gasteiger partial charge in [-0.15, -0.1) is 0 Å². The third-order valence-corrected chi connectivity index (χ3v) is 6.32. The first-order valence-corrected chi connectivity index (χ1v) is 11.2. The van der Waals surface area contributed by atoms with Crippen molar-refractivity contribution in [2.75, 3.05) is 13.1 Å². The van der Waals surface area contributed by atoms with Crippen LogP contribution in [0.15, 0.2) is 60.8 Å². The first-order chi connectivity index (χ1) is 15.0. The van der Waals surface area contributed by atoms with Crippen LogP contribution in [0.3, 0.4) is 0 Å². The molecule has 162 valence electrons. The topological polar surface area (TPSA) is 65.2 Å². The van der Waals surface area contributed by atoms with Crippen LogP contribution in [0.1, 0.15) is 43.7 Å². The van der Waals surface area contributed by atoms with E-state index in [2.05, 4.69) is 40.6 Å². The Bertz CT molecular complexity index is 1030. The first-order valence-electron chi connectivity index (χ1n) is 11.2. The maximum absolute atomic E-state index is 13.5. The highest BCUT2D eigenvalue weighted by molar-refractivity contribution is 5.90. The molecule has 2 amide bonds. The molecule has 1 aliphatic heterocycles. The van der Waals surface area contributed by atoms with Crippen molar-refractivity contribution in [1.82, 2.24) is 15.2 Å². The van der Waals surface area contributed by atoms with E-state index in [4.69, 9.17) is 0 Å². The normalized spacial score (nSPS) is 15.9. The van der Waals surface area contributed by atoms with E-state index < -0.39 is 6.04 Å². The molecular formula is C26H31N3O2. The van der Waals surface area contributed by atoms with E-state index in [1.54, 1.807) is 0 Å². The van der Waals surface area contributed by atoms with Crippen LogP contribution >= 0.6 is 0 Å². The van der Waals surface area contributed by atoms with Crippen molar-refractivity contribution in [2.45, 2.75) is 45.1 Å². The summed E-state index contributed by atoms with van der Waals surface area (Å²) in [5.41, 5.74) is 3.44. The van der Waals surface area contributed by atoms with Crippen LogP contribution in [0.25, 0.3) is 10.9 Å². The van der Waals surface area contributed by atoms with E-state index in [9.17, 15) is 9.59 Å². The van der Waals surface area contributed by atoms with Gasteiger partial charge in [-0.05, 0) is 36.0 Å². The van der Waals surface area contributed by atoms with Crippen molar-refractivity contribution in [3.8, 4) is 0 Å². The highest BCUT2D eigenvalue weighted by atomic mass is 16.2. The molecule has 5 nitrogen and oxygen atoms in total. The van der Waals surface area contributed by atoms with Crippen LogP contribution in [0.4, 0.5) is 0 Å². The average molecular weight is 418 g/mol. The van der Waals surface area contributed by atoms with E-state index in [1.807, 2.05) is 49.2 Å². The van der Waals surface area contributed by atoms with Crippen molar-refractivity contribution >= 4 is 22.7 Å². The predicted octanol–water partition coefficient (Wildman–Crippen LogP) is 4.26. The third kappa shape index (κ3) is 4.82. The Hall–Kier alpha value is -3.08.